The number of methoxy groups -OCH3 is 1. The van der Waals surface area contributed by atoms with Gasteiger partial charge in [-0.05, 0) is 17.7 Å². The molecule has 0 bridgehead atoms. The molecule has 0 fully saturated rings. The summed E-state index contributed by atoms with van der Waals surface area (Å²) in [6.45, 7) is -0.520. The van der Waals surface area contributed by atoms with Gasteiger partial charge in [0, 0.05) is 6.54 Å². The van der Waals surface area contributed by atoms with E-state index in [1.807, 2.05) is 0 Å². The van der Waals surface area contributed by atoms with Crippen LogP contribution in [0.1, 0.15) is 5.56 Å². The van der Waals surface area contributed by atoms with Crippen molar-refractivity contribution in [3.05, 3.63) is 28.8 Å². The summed E-state index contributed by atoms with van der Waals surface area (Å²) in [7, 11) is 1.49. The van der Waals surface area contributed by atoms with Crippen molar-refractivity contribution in [3.63, 3.8) is 0 Å². The highest BCUT2D eigenvalue weighted by atomic mass is 35.5. The molecule has 1 rings (SSSR count). The Morgan fingerprint density at radius 1 is 1.26 bits per heavy atom. The monoisotopic (exact) mass is 287 g/mol. The summed E-state index contributed by atoms with van der Waals surface area (Å²) in [5.74, 6) is -1.66. The number of ether oxygens (including phenoxy) is 1. The number of carbonyl (C=O) groups is 2. The summed E-state index contributed by atoms with van der Waals surface area (Å²) in [4.78, 5) is 22.6. The average Bonchev–Trinajstić information content (AvgIpc) is 2.27. The summed E-state index contributed by atoms with van der Waals surface area (Å²) in [6, 6.07) is 4.98. The molecule has 7 heteroatoms. The van der Waals surface area contributed by atoms with Crippen LogP contribution in [0.25, 0.3) is 0 Å². The lowest BCUT2D eigenvalue weighted by atomic mass is 10.2. The first-order valence-electron chi connectivity index (χ1n) is 5.40. The zero-order valence-electron chi connectivity index (χ0n) is 10.3. The summed E-state index contributed by atoms with van der Waals surface area (Å²) < 4.78 is 5.00. The van der Waals surface area contributed by atoms with Crippen molar-refractivity contribution in [2.45, 2.75) is 6.54 Å². The SMILES string of the molecule is COc1ccc(CN(CC(=O)O)CC(=O)O)cc1Cl. The molecule has 0 amide bonds. The maximum atomic E-state index is 10.7. The van der Waals surface area contributed by atoms with Gasteiger partial charge in [-0.3, -0.25) is 14.5 Å². The summed E-state index contributed by atoms with van der Waals surface area (Å²) >= 11 is 5.95. The van der Waals surface area contributed by atoms with E-state index < -0.39 is 11.9 Å². The molecule has 0 radical (unpaired) electrons. The number of nitrogens with zero attached hydrogens (tertiary/aromatic N) is 1. The topological polar surface area (TPSA) is 87.1 Å². The van der Waals surface area contributed by atoms with Crippen molar-refractivity contribution >= 4 is 23.5 Å². The van der Waals surface area contributed by atoms with Crippen LogP contribution in [0, 0.1) is 0 Å². The van der Waals surface area contributed by atoms with Gasteiger partial charge in [0.2, 0.25) is 0 Å². The lowest BCUT2D eigenvalue weighted by molar-refractivity contribution is -0.142. The molecule has 2 N–H and O–H groups in total. The second-order valence-electron chi connectivity index (χ2n) is 3.90. The first-order valence-corrected chi connectivity index (χ1v) is 5.78. The van der Waals surface area contributed by atoms with Gasteiger partial charge in [-0.1, -0.05) is 17.7 Å². The molecule has 0 unspecified atom stereocenters. The maximum Gasteiger partial charge on any atom is 0.317 e. The molecule has 104 valence electrons. The van der Waals surface area contributed by atoms with E-state index in [1.54, 1.807) is 18.2 Å². The average molecular weight is 288 g/mol. The van der Waals surface area contributed by atoms with Gasteiger partial charge >= 0.3 is 11.9 Å². The van der Waals surface area contributed by atoms with Crippen LogP contribution >= 0.6 is 11.6 Å². The fraction of sp³-hybridized carbons (Fsp3) is 0.333. The molecule has 0 saturated heterocycles. The van der Waals surface area contributed by atoms with Gasteiger partial charge in [-0.2, -0.15) is 0 Å². The zero-order chi connectivity index (χ0) is 14.4. The Kier molecular flexibility index (Phi) is 5.59. The van der Waals surface area contributed by atoms with E-state index in [1.165, 1.54) is 12.0 Å². The number of hydrogen-bond acceptors (Lipinski definition) is 4. The second kappa shape index (κ2) is 6.96. The summed E-state index contributed by atoms with van der Waals surface area (Å²) in [6.07, 6.45) is 0. The number of halogens is 1. The van der Waals surface area contributed by atoms with E-state index in [4.69, 9.17) is 26.6 Å². The number of aliphatic carboxylic acids is 2. The molecule has 19 heavy (non-hydrogen) atoms. The van der Waals surface area contributed by atoms with Gasteiger partial charge in [0.15, 0.2) is 0 Å². The first-order chi connectivity index (χ1) is 8.92. The Labute approximate surface area is 115 Å². The lowest BCUT2D eigenvalue weighted by Crippen LogP contribution is -2.33. The van der Waals surface area contributed by atoms with E-state index in [9.17, 15) is 9.59 Å². The normalized spacial score (nSPS) is 10.5. The van der Waals surface area contributed by atoms with Crippen LogP contribution in [0.4, 0.5) is 0 Å². The van der Waals surface area contributed by atoms with Crippen LogP contribution in [0.2, 0.25) is 5.02 Å². The molecule has 0 aromatic heterocycles. The van der Waals surface area contributed by atoms with Crippen molar-refractivity contribution in [1.29, 1.82) is 0 Å². The Morgan fingerprint density at radius 2 is 1.84 bits per heavy atom. The maximum absolute atomic E-state index is 10.7. The highest BCUT2D eigenvalue weighted by molar-refractivity contribution is 6.32. The largest absolute Gasteiger partial charge is 0.495 e. The zero-order valence-corrected chi connectivity index (χ0v) is 11.1. The van der Waals surface area contributed by atoms with Gasteiger partial charge in [-0.25, -0.2) is 0 Å². The standard InChI is InChI=1S/C12H14ClNO5/c1-19-10-3-2-8(4-9(10)13)5-14(6-11(15)16)7-12(17)18/h2-4H,5-7H2,1H3,(H,15,16)(H,17,18). The molecule has 1 aromatic carbocycles. The first kappa shape index (κ1) is 15.3. The second-order valence-corrected chi connectivity index (χ2v) is 4.31. The van der Waals surface area contributed by atoms with Gasteiger partial charge in [-0.15, -0.1) is 0 Å². The molecule has 6 nitrogen and oxygen atoms in total. The van der Waals surface area contributed by atoms with E-state index in [-0.39, 0.29) is 19.6 Å². The third kappa shape index (κ3) is 5.15. The fourth-order valence-electron chi connectivity index (χ4n) is 1.62. The molecule has 0 spiro atoms. The van der Waals surface area contributed by atoms with Crippen LogP contribution < -0.4 is 4.74 Å². The fourth-order valence-corrected chi connectivity index (χ4v) is 1.90. The minimum atomic E-state index is -1.08. The van der Waals surface area contributed by atoms with Crippen LogP contribution in [0.15, 0.2) is 18.2 Å². The highest BCUT2D eigenvalue weighted by Gasteiger charge is 2.14. The number of carboxylic acid groups (broad SMARTS) is 2. The number of rotatable bonds is 7. The number of benzene rings is 1. The minimum absolute atomic E-state index is 0.183. The number of carboxylic acids is 2. The van der Waals surface area contributed by atoms with Crippen molar-refractivity contribution in [1.82, 2.24) is 4.90 Å². The van der Waals surface area contributed by atoms with Crippen LogP contribution in [0.5, 0.6) is 5.75 Å². The van der Waals surface area contributed by atoms with Gasteiger partial charge < -0.3 is 14.9 Å². The molecule has 0 aliphatic carbocycles. The lowest BCUT2D eigenvalue weighted by Gasteiger charge is -2.18. The van der Waals surface area contributed by atoms with Crippen LogP contribution in [-0.2, 0) is 16.1 Å². The van der Waals surface area contributed by atoms with Gasteiger partial charge in [0.05, 0.1) is 25.2 Å². The van der Waals surface area contributed by atoms with E-state index in [0.717, 1.165) is 0 Å². The molecule has 0 saturated carbocycles. The third-order valence-electron chi connectivity index (χ3n) is 2.34. The van der Waals surface area contributed by atoms with Crippen molar-refractivity contribution < 1.29 is 24.5 Å². The van der Waals surface area contributed by atoms with Crippen molar-refractivity contribution in [3.8, 4) is 5.75 Å². The van der Waals surface area contributed by atoms with Crippen molar-refractivity contribution in [2.24, 2.45) is 0 Å². The highest BCUT2D eigenvalue weighted by Crippen LogP contribution is 2.25. The predicted molar refractivity (Wildman–Crippen MR) is 68.6 cm³/mol. The molecule has 0 heterocycles. The summed E-state index contributed by atoms with van der Waals surface area (Å²) in [5.41, 5.74) is 0.716. The van der Waals surface area contributed by atoms with E-state index >= 15 is 0 Å². The van der Waals surface area contributed by atoms with E-state index in [0.29, 0.717) is 16.3 Å². The smallest absolute Gasteiger partial charge is 0.317 e. The Morgan fingerprint density at radius 3 is 2.26 bits per heavy atom. The quantitative estimate of drug-likeness (QED) is 0.786. The van der Waals surface area contributed by atoms with E-state index in [2.05, 4.69) is 0 Å². The Balaban J connectivity index is 2.80. The molecule has 0 aliphatic rings. The molecular weight excluding hydrogens is 274 g/mol. The Bertz CT molecular complexity index is 461. The molecule has 0 aliphatic heterocycles. The van der Waals surface area contributed by atoms with Gasteiger partial charge in [0.1, 0.15) is 5.75 Å². The van der Waals surface area contributed by atoms with Crippen molar-refractivity contribution in [2.75, 3.05) is 20.2 Å². The molecule has 0 atom stereocenters. The minimum Gasteiger partial charge on any atom is -0.495 e. The summed E-state index contributed by atoms with van der Waals surface area (Å²) in [5, 5.41) is 17.9. The Hall–Kier alpha value is -1.79. The third-order valence-corrected chi connectivity index (χ3v) is 2.64. The molecular formula is C12H14ClNO5. The van der Waals surface area contributed by atoms with Crippen LogP contribution in [-0.4, -0.2) is 47.3 Å². The van der Waals surface area contributed by atoms with Gasteiger partial charge in [0.25, 0.3) is 0 Å². The number of hydrogen-bond donors (Lipinski definition) is 2. The predicted octanol–water partition coefficient (Wildman–Crippen LogP) is 1.32. The van der Waals surface area contributed by atoms with Crippen LogP contribution in [0.3, 0.4) is 0 Å². The molecule has 1 aromatic rings.